The lowest BCUT2D eigenvalue weighted by Gasteiger charge is -2.14. The first-order valence-electron chi connectivity index (χ1n) is 10.7. The number of nitrogens with one attached hydrogen (secondary N) is 2. The first-order chi connectivity index (χ1) is 16.0. The number of fused-ring (bicyclic) bond motifs is 1. The van der Waals surface area contributed by atoms with Crippen LogP contribution in [0.1, 0.15) is 27.0 Å². The van der Waals surface area contributed by atoms with E-state index < -0.39 is 15.9 Å². The number of aryl methyl sites for hydroxylation is 5. The monoisotopic (exact) mass is 478 g/mol. The molecule has 0 aliphatic carbocycles. The van der Waals surface area contributed by atoms with Crippen LogP contribution in [-0.2, 0) is 24.1 Å². The van der Waals surface area contributed by atoms with E-state index in [1.807, 2.05) is 26.0 Å². The van der Waals surface area contributed by atoms with E-state index in [9.17, 15) is 18.0 Å². The first kappa shape index (κ1) is 23.3. The highest BCUT2D eigenvalue weighted by molar-refractivity contribution is 7.92. The zero-order chi connectivity index (χ0) is 24.8. The number of amides is 1. The molecule has 0 fully saturated rings. The Labute approximate surface area is 197 Å². The van der Waals surface area contributed by atoms with Crippen LogP contribution in [0.4, 0.5) is 11.4 Å². The molecular formula is C25H26N4O4S. The standard InChI is InChI=1S/C25H26N4O4S/c1-15-6-10-20(17(3)12-15)27-34(32,33)23-13-18(8-7-16(23)2)24(30)26-19-9-11-21-22(14-19)29(5)25(31)28(21)4/h6-14,27H,1-5H3,(H,26,30). The average molecular weight is 479 g/mol. The number of hydrogen-bond donors (Lipinski definition) is 2. The maximum atomic E-state index is 13.1. The van der Waals surface area contributed by atoms with Gasteiger partial charge in [0.25, 0.3) is 15.9 Å². The number of benzene rings is 3. The first-order valence-corrected chi connectivity index (χ1v) is 12.1. The Bertz CT molecular complexity index is 1610. The number of carbonyl (C=O) groups is 1. The summed E-state index contributed by atoms with van der Waals surface area (Å²) in [4.78, 5) is 25.1. The van der Waals surface area contributed by atoms with Gasteiger partial charge >= 0.3 is 5.69 Å². The van der Waals surface area contributed by atoms with E-state index in [0.29, 0.717) is 22.5 Å². The van der Waals surface area contributed by atoms with Crippen molar-refractivity contribution in [3.63, 3.8) is 0 Å². The van der Waals surface area contributed by atoms with Crippen LogP contribution in [-0.4, -0.2) is 23.5 Å². The molecule has 176 valence electrons. The summed E-state index contributed by atoms with van der Waals surface area (Å²) in [5.74, 6) is -0.455. The van der Waals surface area contributed by atoms with Crippen LogP contribution in [0.2, 0.25) is 0 Å². The Morgan fingerprint density at radius 2 is 1.53 bits per heavy atom. The smallest absolute Gasteiger partial charge is 0.322 e. The average Bonchev–Trinajstić information content (AvgIpc) is 2.99. The van der Waals surface area contributed by atoms with Crippen molar-refractivity contribution in [3.05, 3.63) is 87.3 Å². The number of sulfonamides is 1. The number of aromatic nitrogens is 2. The summed E-state index contributed by atoms with van der Waals surface area (Å²) < 4.78 is 31.9. The van der Waals surface area contributed by atoms with E-state index in [1.165, 1.54) is 15.2 Å². The van der Waals surface area contributed by atoms with E-state index >= 15 is 0 Å². The van der Waals surface area contributed by atoms with Gasteiger partial charge in [0.2, 0.25) is 0 Å². The molecule has 0 radical (unpaired) electrons. The number of nitrogens with zero attached hydrogens (tertiary/aromatic N) is 2. The van der Waals surface area contributed by atoms with Gasteiger partial charge in [-0.1, -0.05) is 23.8 Å². The summed E-state index contributed by atoms with van der Waals surface area (Å²) in [7, 11) is -0.569. The molecule has 9 heteroatoms. The highest BCUT2D eigenvalue weighted by Gasteiger charge is 2.20. The van der Waals surface area contributed by atoms with Gasteiger partial charge in [-0.05, 0) is 68.3 Å². The van der Waals surface area contributed by atoms with Gasteiger partial charge < -0.3 is 5.32 Å². The SMILES string of the molecule is Cc1ccc(NS(=O)(=O)c2cc(C(=O)Nc3ccc4c(c3)n(C)c(=O)n4C)ccc2C)c(C)c1. The zero-order valence-electron chi connectivity index (χ0n) is 19.6. The molecule has 3 aromatic carbocycles. The third-order valence-corrected chi connectivity index (χ3v) is 7.40. The van der Waals surface area contributed by atoms with Crippen LogP contribution >= 0.6 is 0 Å². The quantitative estimate of drug-likeness (QED) is 0.455. The van der Waals surface area contributed by atoms with Gasteiger partial charge in [-0.2, -0.15) is 0 Å². The molecule has 0 saturated carbocycles. The molecule has 4 aromatic rings. The number of anilines is 2. The molecule has 0 aliphatic heterocycles. The fourth-order valence-corrected chi connectivity index (χ4v) is 5.35. The molecule has 8 nitrogen and oxygen atoms in total. The van der Waals surface area contributed by atoms with Crippen LogP contribution in [0.3, 0.4) is 0 Å². The summed E-state index contributed by atoms with van der Waals surface area (Å²) in [6.07, 6.45) is 0. The zero-order valence-corrected chi connectivity index (χ0v) is 20.4. The second kappa shape index (κ2) is 8.49. The molecule has 0 saturated heterocycles. The van der Waals surface area contributed by atoms with Crippen molar-refractivity contribution in [1.82, 2.24) is 9.13 Å². The molecule has 2 N–H and O–H groups in total. The van der Waals surface area contributed by atoms with Crippen LogP contribution in [0.25, 0.3) is 11.0 Å². The Balaban J connectivity index is 1.63. The minimum absolute atomic E-state index is 0.0287. The topological polar surface area (TPSA) is 102 Å². The van der Waals surface area contributed by atoms with E-state index in [4.69, 9.17) is 0 Å². The Morgan fingerprint density at radius 1 is 0.824 bits per heavy atom. The third-order valence-electron chi connectivity index (χ3n) is 5.90. The van der Waals surface area contributed by atoms with Gasteiger partial charge in [0.15, 0.2) is 0 Å². The lowest BCUT2D eigenvalue weighted by atomic mass is 10.1. The lowest BCUT2D eigenvalue weighted by molar-refractivity contribution is 0.102. The summed E-state index contributed by atoms with van der Waals surface area (Å²) in [6.45, 7) is 5.45. The highest BCUT2D eigenvalue weighted by Crippen LogP contribution is 2.24. The van der Waals surface area contributed by atoms with Crippen LogP contribution in [0, 0.1) is 20.8 Å². The second-order valence-electron chi connectivity index (χ2n) is 8.46. The van der Waals surface area contributed by atoms with Crippen LogP contribution in [0.5, 0.6) is 0 Å². The van der Waals surface area contributed by atoms with Crippen LogP contribution < -0.4 is 15.7 Å². The molecule has 0 aliphatic rings. The number of rotatable bonds is 5. The van der Waals surface area contributed by atoms with Gasteiger partial charge in [0.1, 0.15) is 0 Å². The Kier molecular flexibility index (Phi) is 5.82. The van der Waals surface area contributed by atoms with Crippen molar-refractivity contribution in [2.75, 3.05) is 10.0 Å². The lowest BCUT2D eigenvalue weighted by Crippen LogP contribution is -2.19. The van der Waals surface area contributed by atoms with E-state index in [0.717, 1.165) is 16.6 Å². The summed E-state index contributed by atoms with van der Waals surface area (Å²) in [5, 5.41) is 2.79. The maximum absolute atomic E-state index is 13.1. The second-order valence-corrected chi connectivity index (χ2v) is 10.1. The van der Waals surface area contributed by atoms with Crippen molar-refractivity contribution in [3.8, 4) is 0 Å². The Morgan fingerprint density at radius 3 is 2.24 bits per heavy atom. The van der Waals surface area contributed by atoms with Crippen molar-refractivity contribution >= 4 is 38.3 Å². The normalized spacial score (nSPS) is 11.6. The predicted octanol–water partition coefficient (Wildman–Crippen LogP) is 3.86. The minimum atomic E-state index is -3.92. The molecular weight excluding hydrogens is 452 g/mol. The largest absolute Gasteiger partial charge is 0.328 e. The third kappa shape index (κ3) is 4.22. The van der Waals surface area contributed by atoms with Crippen molar-refractivity contribution in [2.45, 2.75) is 25.7 Å². The Hall–Kier alpha value is -3.85. The molecule has 1 amide bonds. The molecule has 1 heterocycles. The van der Waals surface area contributed by atoms with Gasteiger partial charge in [-0.3, -0.25) is 18.7 Å². The number of hydrogen-bond acceptors (Lipinski definition) is 4. The molecule has 0 spiro atoms. The molecule has 4 rings (SSSR count). The molecule has 0 bridgehead atoms. The predicted molar refractivity (Wildman–Crippen MR) is 134 cm³/mol. The van der Waals surface area contributed by atoms with Gasteiger partial charge in [-0.15, -0.1) is 0 Å². The summed E-state index contributed by atoms with van der Waals surface area (Å²) >= 11 is 0. The van der Waals surface area contributed by atoms with Crippen molar-refractivity contribution < 1.29 is 13.2 Å². The van der Waals surface area contributed by atoms with Crippen molar-refractivity contribution in [1.29, 1.82) is 0 Å². The molecule has 0 atom stereocenters. The number of imidazole rings is 1. The maximum Gasteiger partial charge on any atom is 0.328 e. The minimum Gasteiger partial charge on any atom is -0.322 e. The number of carbonyl (C=O) groups excluding carboxylic acids is 1. The van der Waals surface area contributed by atoms with Gasteiger partial charge in [0, 0.05) is 25.3 Å². The fourth-order valence-electron chi connectivity index (χ4n) is 3.95. The molecule has 1 aromatic heterocycles. The fraction of sp³-hybridized carbons (Fsp3) is 0.200. The molecule has 34 heavy (non-hydrogen) atoms. The summed E-state index contributed by atoms with van der Waals surface area (Å²) in [6, 6.07) is 15.2. The van der Waals surface area contributed by atoms with E-state index in [2.05, 4.69) is 10.0 Å². The van der Waals surface area contributed by atoms with Crippen molar-refractivity contribution in [2.24, 2.45) is 14.1 Å². The summed E-state index contributed by atoms with van der Waals surface area (Å²) in [5.41, 5.74) is 4.80. The van der Waals surface area contributed by atoms with Gasteiger partial charge in [0.05, 0.1) is 21.6 Å². The van der Waals surface area contributed by atoms with Crippen LogP contribution in [0.15, 0.2) is 64.3 Å². The molecule has 0 unspecified atom stereocenters. The van der Waals surface area contributed by atoms with E-state index in [1.54, 1.807) is 57.4 Å². The van der Waals surface area contributed by atoms with E-state index in [-0.39, 0.29) is 16.1 Å². The van der Waals surface area contributed by atoms with Gasteiger partial charge in [-0.25, -0.2) is 13.2 Å². The highest BCUT2D eigenvalue weighted by atomic mass is 32.2.